The van der Waals surface area contributed by atoms with Crippen molar-refractivity contribution in [3.05, 3.63) is 16.1 Å². The Hall–Kier alpha value is -0.930. The van der Waals surface area contributed by atoms with Gasteiger partial charge < -0.3 is 21.1 Å². The summed E-state index contributed by atoms with van der Waals surface area (Å²) >= 11 is 2.22. The van der Waals surface area contributed by atoms with Crippen LogP contribution in [-0.4, -0.2) is 25.4 Å². The fraction of sp³-hybridized carbons (Fsp3) is 0.455. The van der Waals surface area contributed by atoms with Crippen molar-refractivity contribution in [2.24, 2.45) is 11.7 Å². The summed E-state index contributed by atoms with van der Waals surface area (Å²) in [6, 6.07) is 0.153. The van der Waals surface area contributed by atoms with Gasteiger partial charge in [-0.25, -0.2) is 9.97 Å². The second kappa shape index (κ2) is 3.78. The molecule has 0 bridgehead atoms. The average Bonchev–Trinajstić information content (AvgIpc) is 2.65. The summed E-state index contributed by atoms with van der Waals surface area (Å²) in [6.07, 6.45) is 3.98. The van der Waals surface area contributed by atoms with Gasteiger partial charge in [-0.05, 0) is 22.6 Å². The topological polar surface area (TPSA) is 103 Å². The molecule has 7 heteroatoms. The zero-order valence-corrected chi connectivity index (χ0v) is 12.0. The van der Waals surface area contributed by atoms with Crippen LogP contribution in [0.2, 0.25) is 0 Å². The monoisotopic (exact) mass is 359 g/mol. The number of aliphatic hydroxyl groups is 1. The highest BCUT2D eigenvalue weighted by Gasteiger charge is 2.48. The molecule has 2 heterocycles. The van der Waals surface area contributed by atoms with Crippen molar-refractivity contribution in [3.8, 4) is 0 Å². The predicted molar refractivity (Wildman–Crippen MR) is 76.6 cm³/mol. The normalized spacial score (nSPS) is 31.6. The van der Waals surface area contributed by atoms with Gasteiger partial charge in [-0.15, -0.1) is 0 Å². The molecule has 1 fully saturated rings. The van der Waals surface area contributed by atoms with E-state index in [4.69, 9.17) is 11.5 Å². The Bertz CT molecular complexity index is 623. The van der Waals surface area contributed by atoms with Crippen molar-refractivity contribution < 1.29 is 5.11 Å². The molecule has 3 atom stereocenters. The van der Waals surface area contributed by atoms with Crippen molar-refractivity contribution in [1.82, 2.24) is 14.5 Å². The second-order valence-corrected chi connectivity index (χ2v) is 6.06. The van der Waals surface area contributed by atoms with Crippen molar-refractivity contribution in [2.75, 3.05) is 5.73 Å². The lowest BCUT2D eigenvalue weighted by Crippen LogP contribution is -2.59. The van der Waals surface area contributed by atoms with E-state index in [1.165, 1.54) is 6.33 Å². The molecular weight excluding hydrogens is 345 g/mol. The number of nitrogen functional groups attached to an aromatic ring is 1. The van der Waals surface area contributed by atoms with Gasteiger partial charge in [-0.3, -0.25) is 0 Å². The van der Waals surface area contributed by atoms with Crippen LogP contribution < -0.4 is 11.5 Å². The molecule has 5 N–H and O–H groups in total. The summed E-state index contributed by atoms with van der Waals surface area (Å²) in [6.45, 7) is 1.94. The smallest absolute Gasteiger partial charge is 0.146 e. The minimum absolute atomic E-state index is 0.0138. The third-order valence-corrected chi connectivity index (χ3v) is 4.67. The molecule has 1 saturated carbocycles. The van der Waals surface area contributed by atoms with Crippen LogP contribution in [0, 0.1) is 9.49 Å². The third kappa shape index (κ3) is 1.54. The summed E-state index contributed by atoms with van der Waals surface area (Å²) in [7, 11) is 0. The van der Waals surface area contributed by atoms with Gasteiger partial charge in [0.1, 0.15) is 23.5 Å². The number of rotatable bonds is 1. The van der Waals surface area contributed by atoms with Gasteiger partial charge in [0.05, 0.1) is 5.39 Å². The number of aromatic nitrogens is 3. The van der Waals surface area contributed by atoms with Crippen LogP contribution in [0.15, 0.2) is 12.5 Å². The summed E-state index contributed by atoms with van der Waals surface area (Å²) in [5.74, 6) is 0.471. The van der Waals surface area contributed by atoms with Crippen molar-refractivity contribution in [1.29, 1.82) is 0 Å². The van der Waals surface area contributed by atoms with Gasteiger partial charge in [0, 0.05) is 28.1 Å². The molecule has 3 rings (SSSR count). The van der Waals surface area contributed by atoms with Crippen molar-refractivity contribution in [3.63, 3.8) is 0 Å². The van der Waals surface area contributed by atoms with Gasteiger partial charge in [0.2, 0.25) is 0 Å². The van der Waals surface area contributed by atoms with E-state index in [0.717, 1.165) is 14.6 Å². The maximum absolute atomic E-state index is 9.85. The van der Waals surface area contributed by atoms with Gasteiger partial charge in [-0.1, -0.05) is 6.92 Å². The molecular formula is C11H14IN5O. The van der Waals surface area contributed by atoms with Crippen LogP contribution in [0.5, 0.6) is 0 Å². The molecule has 3 unspecified atom stereocenters. The van der Waals surface area contributed by atoms with Crippen molar-refractivity contribution in [2.45, 2.75) is 25.1 Å². The fourth-order valence-electron chi connectivity index (χ4n) is 2.52. The zero-order chi connectivity index (χ0) is 13.1. The molecule has 0 saturated heterocycles. The first kappa shape index (κ1) is 12.1. The molecule has 0 amide bonds. The lowest BCUT2D eigenvalue weighted by atomic mass is 9.72. The van der Waals surface area contributed by atoms with Crippen molar-refractivity contribution >= 4 is 39.4 Å². The van der Waals surface area contributed by atoms with Gasteiger partial charge in [0.15, 0.2) is 0 Å². The summed E-state index contributed by atoms with van der Waals surface area (Å²) in [4.78, 5) is 8.30. The number of nitrogens with two attached hydrogens (primary N) is 2. The van der Waals surface area contributed by atoms with Crippen LogP contribution in [0.25, 0.3) is 11.0 Å². The molecule has 18 heavy (non-hydrogen) atoms. The third-order valence-electron chi connectivity index (χ3n) is 3.85. The Labute approximate surface area is 118 Å². The van der Waals surface area contributed by atoms with E-state index in [1.807, 2.05) is 17.7 Å². The first-order chi connectivity index (χ1) is 8.42. The van der Waals surface area contributed by atoms with Crippen LogP contribution in [-0.2, 0) is 0 Å². The Kier molecular flexibility index (Phi) is 2.55. The summed E-state index contributed by atoms with van der Waals surface area (Å²) < 4.78 is 3.06. The number of hydrogen-bond acceptors (Lipinski definition) is 5. The molecule has 2 aromatic rings. The molecule has 1 aliphatic rings. The second-order valence-electron chi connectivity index (χ2n) is 4.89. The fourth-order valence-corrected chi connectivity index (χ4v) is 3.34. The maximum Gasteiger partial charge on any atom is 0.146 e. The van der Waals surface area contributed by atoms with E-state index < -0.39 is 5.72 Å². The van der Waals surface area contributed by atoms with Crippen LogP contribution in [0.1, 0.15) is 19.4 Å². The Morgan fingerprint density at radius 1 is 1.56 bits per heavy atom. The van der Waals surface area contributed by atoms with E-state index in [9.17, 15) is 5.11 Å². The highest BCUT2D eigenvalue weighted by molar-refractivity contribution is 14.1. The van der Waals surface area contributed by atoms with Crippen LogP contribution >= 0.6 is 22.6 Å². The van der Waals surface area contributed by atoms with E-state index >= 15 is 0 Å². The minimum Gasteiger partial charge on any atom is -0.383 e. The number of fused-ring (bicyclic) bond motifs is 1. The lowest BCUT2D eigenvalue weighted by Gasteiger charge is -2.48. The SMILES string of the molecule is CC1C(n2cc(I)c3c(N)ncnc32)CC1(N)O. The first-order valence-corrected chi connectivity index (χ1v) is 6.77. The summed E-state index contributed by atoms with van der Waals surface area (Å²) in [5, 5.41) is 10.7. The van der Waals surface area contributed by atoms with Crippen LogP contribution in [0.4, 0.5) is 5.82 Å². The molecule has 2 aromatic heterocycles. The molecule has 0 aromatic carbocycles. The van der Waals surface area contributed by atoms with E-state index in [2.05, 4.69) is 32.6 Å². The largest absolute Gasteiger partial charge is 0.383 e. The van der Waals surface area contributed by atoms with Gasteiger partial charge in [-0.2, -0.15) is 0 Å². The quantitative estimate of drug-likeness (QED) is 0.517. The van der Waals surface area contributed by atoms with E-state index in [-0.39, 0.29) is 12.0 Å². The highest BCUT2D eigenvalue weighted by Crippen LogP contribution is 2.45. The van der Waals surface area contributed by atoms with Crippen LogP contribution in [0.3, 0.4) is 0 Å². The lowest BCUT2D eigenvalue weighted by molar-refractivity contribution is -0.117. The van der Waals surface area contributed by atoms with E-state index in [1.54, 1.807) is 0 Å². The number of halogens is 1. The molecule has 0 aliphatic heterocycles. The Morgan fingerprint density at radius 2 is 2.28 bits per heavy atom. The minimum atomic E-state index is -1.08. The van der Waals surface area contributed by atoms with Gasteiger partial charge >= 0.3 is 0 Å². The van der Waals surface area contributed by atoms with E-state index in [0.29, 0.717) is 12.2 Å². The molecule has 96 valence electrons. The maximum atomic E-state index is 9.85. The molecule has 6 nitrogen and oxygen atoms in total. The summed E-state index contributed by atoms with van der Waals surface area (Å²) in [5.41, 5.74) is 11.4. The Balaban J connectivity index is 2.12. The molecule has 0 radical (unpaired) electrons. The number of anilines is 1. The number of nitrogens with zero attached hydrogens (tertiary/aromatic N) is 3. The Morgan fingerprint density at radius 3 is 2.89 bits per heavy atom. The molecule has 0 spiro atoms. The average molecular weight is 359 g/mol. The predicted octanol–water partition coefficient (Wildman–Crippen LogP) is 0.846. The standard InChI is InChI=1S/C11H14IN5O/c1-5-7(2-11(5,14)18)17-3-6(12)8-9(13)15-4-16-10(8)17/h3-5,7,18H,2,14H2,1H3,(H2,13,15,16). The van der Waals surface area contributed by atoms with Gasteiger partial charge in [0.25, 0.3) is 0 Å². The zero-order valence-electron chi connectivity index (χ0n) is 9.84. The highest BCUT2D eigenvalue weighted by atomic mass is 127. The first-order valence-electron chi connectivity index (χ1n) is 5.69. The number of hydrogen-bond donors (Lipinski definition) is 3. The molecule has 1 aliphatic carbocycles.